The van der Waals surface area contributed by atoms with Crippen LogP contribution >= 0.6 is 35.0 Å². The third-order valence-electron chi connectivity index (χ3n) is 13.9. The number of ether oxygens (including phenoxy) is 2. The topological polar surface area (TPSA) is 265 Å². The Kier molecular flexibility index (Phi) is 28.1. The zero-order valence-corrected chi connectivity index (χ0v) is 54.6. The van der Waals surface area contributed by atoms with Gasteiger partial charge < -0.3 is 47.2 Å². The molecule has 2 saturated carbocycles. The molecule has 2 aromatic carbocycles. The summed E-state index contributed by atoms with van der Waals surface area (Å²) in [7, 11) is 0. The van der Waals surface area contributed by atoms with Crippen LogP contribution in [0.5, 0.6) is 11.8 Å². The van der Waals surface area contributed by atoms with Crippen molar-refractivity contribution < 1.29 is 104 Å². The number of hydrogen-bond acceptors (Lipinski definition) is 13. The van der Waals surface area contributed by atoms with Gasteiger partial charge in [0.2, 0.25) is 23.6 Å². The van der Waals surface area contributed by atoms with Crippen LogP contribution in [0.25, 0.3) is 11.2 Å². The van der Waals surface area contributed by atoms with Crippen LogP contribution < -0.4 is 64.6 Å². The number of pyridine rings is 2. The van der Waals surface area contributed by atoms with Crippen LogP contribution in [0.4, 0.5) is 64.2 Å². The summed E-state index contributed by atoms with van der Waals surface area (Å²) in [6.45, 7) is 8.44. The molecule has 0 radical (unpaired) electrons. The molecule has 2 aliphatic carbocycles. The number of thiocyanates is 1. The number of nitrogens with zero attached hydrogens (tertiary/aromatic N) is 4. The fourth-order valence-corrected chi connectivity index (χ4v) is 9.86. The Morgan fingerprint density at radius 3 is 1.57 bits per heavy atom. The second-order valence-electron chi connectivity index (χ2n) is 22.8. The van der Waals surface area contributed by atoms with Gasteiger partial charge in [-0.2, -0.15) is 41.6 Å². The van der Waals surface area contributed by atoms with E-state index < -0.39 is 108 Å². The number of nitrogens with one attached hydrogen (secondary N) is 5. The number of H-pyrrole nitrogens is 1. The van der Waals surface area contributed by atoms with Crippen LogP contribution in [0.2, 0.25) is 10.0 Å². The van der Waals surface area contributed by atoms with Crippen LogP contribution in [0, 0.1) is 45.0 Å². The number of fused-ring (bicyclic) bond motifs is 1. The van der Waals surface area contributed by atoms with Gasteiger partial charge in [-0.1, -0.05) is 76.9 Å². The van der Waals surface area contributed by atoms with E-state index >= 15 is 4.39 Å². The van der Waals surface area contributed by atoms with Gasteiger partial charge in [0.1, 0.15) is 34.0 Å². The number of thioether (sulfide) groups is 1. The quantitative estimate of drug-likeness (QED) is 0.0150. The number of nitrogens with two attached hydrogens (primary N) is 2. The van der Waals surface area contributed by atoms with E-state index in [9.17, 15) is 67.5 Å². The van der Waals surface area contributed by atoms with Crippen molar-refractivity contribution in [2.75, 3.05) is 29.6 Å². The second-order valence-corrected chi connectivity index (χ2v) is 24.4. The van der Waals surface area contributed by atoms with E-state index in [1.54, 1.807) is 46.9 Å². The predicted octanol–water partition coefficient (Wildman–Crippen LogP) is 9.86. The standard InChI is InChI=1S/C29H32ClF6N5O3.C15H19F5N4O2.C13H14ClFN2OS.CH4I/c1-28(2,3)27(43)37-12-14-4-9-19(30)17(23(14)33)11-22-39-20-10-18(26(41-24(20)40-22)44-13-21(31)32)25(42)38-16-7-5-15(6-8-16)29(34,35)36;16-11(17)6-26-14-9(5-10(21)12(22)24-14)13(25)23-8-3-1-7(2-4-8)15(18,19)20;1-13(2,3)12(18)17-6-8-4-5-9(14)11(10(8)15)19-7-16;1-2/h4,9-10,15-16,21H,5-8,11-13H2,1-3H3,(H,37,43)(H,38,42)(H,39,40,41);5,7-8,11H,1-4,6,21H2,(H2,22,24)(H,23,25);4-5H,6H2,1-3H3,(H,17,18);2H,1H3/q;;;-1/i;;;2D. The van der Waals surface area contributed by atoms with Crippen molar-refractivity contribution in [3.63, 3.8) is 0 Å². The van der Waals surface area contributed by atoms with Gasteiger partial charge in [-0.25, -0.2) is 31.3 Å². The van der Waals surface area contributed by atoms with Gasteiger partial charge in [-0.05, 0) is 87.4 Å². The van der Waals surface area contributed by atoms with E-state index in [2.05, 4.69) is 41.2 Å². The predicted molar refractivity (Wildman–Crippen MR) is 316 cm³/mol. The number of amides is 4. The van der Waals surface area contributed by atoms with Crippen LogP contribution in [0.1, 0.15) is 136 Å². The molecule has 33 heteroatoms. The molecule has 2 aliphatic rings. The van der Waals surface area contributed by atoms with Gasteiger partial charge in [0, 0.05) is 64.1 Å². The number of alkyl halides is 11. The zero-order valence-electron chi connectivity index (χ0n) is 51.1. The molecule has 91 heavy (non-hydrogen) atoms. The Labute approximate surface area is 545 Å². The van der Waals surface area contributed by atoms with Crippen LogP contribution in [0.3, 0.4) is 0 Å². The third kappa shape index (κ3) is 23.3. The Morgan fingerprint density at radius 2 is 1.14 bits per heavy atom. The molecular weight excluding hydrogens is 1400 g/mol. The van der Waals surface area contributed by atoms with E-state index in [1.165, 1.54) is 30.3 Å². The average Bonchev–Trinajstić information content (AvgIpc) is 1.68. The number of aromatic amines is 1. The number of nitrogen functional groups attached to an aromatic ring is 2. The Bertz CT molecular complexity index is 3380. The fourth-order valence-electron chi connectivity index (χ4n) is 8.91. The molecule has 0 spiro atoms. The van der Waals surface area contributed by atoms with E-state index in [0.717, 1.165) is 6.07 Å². The molecule has 3 heterocycles. The van der Waals surface area contributed by atoms with Crippen molar-refractivity contribution in [1.82, 2.24) is 41.2 Å². The summed E-state index contributed by atoms with van der Waals surface area (Å²) in [5.41, 5.74) is 10.2. The maximum absolute atomic E-state index is 15.4. The fraction of sp³-hybridized carbons (Fsp3) is 0.517. The summed E-state index contributed by atoms with van der Waals surface area (Å²) in [5.74, 6) is -6.78. The summed E-state index contributed by atoms with van der Waals surface area (Å²) >= 11 is 12.6. The molecule has 0 aliphatic heterocycles. The van der Waals surface area contributed by atoms with E-state index in [-0.39, 0.29) is 171 Å². The zero-order chi connectivity index (χ0) is 69.2. The Hall–Kier alpha value is -6.40. The first kappa shape index (κ1) is 75.3. The molecule has 17 nitrogen and oxygen atoms in total. The van der Waals surface area contributed by atoms with Gasteiger partial charge in [0.05, 0.1) is 33.0 Å². The van der Waals surface area contributed by atoms with Crippen LogP contribution in [-0.4, -0.2) is 99.6 Å². The van der Waals surface area contributed by atoms with Gasteiger partial charge in [-0.15, -0.1) is 0 Å². The first-order valence-electron chi connectivity index (χ1n) is 28.2. The number of nitriles is 1. The van der Waals surface area contributed by atoms with E-state index in [4.69, 9.17) is 50.0 Å². The van der Waals surface area contributed by atoms with Gasteiger partial charge in [-0.3, -0.25) is 19.2 Å². The molecule has 3 aromatic heterocycles. The third-order valence-corrected chi connectivity index (χ3v) is 15.4. The van der Waals surface area contributed by atoms with Gasteiger partial charge in [0.25, 0.3) is 24.7 Å². The van der Waals surface area contributed by atoms with Gasteiger partial charge in [0.15, 0.2) is 24.7 Å². The summed E-state index contributed by atoms with van der Waals surface area (Å²) in [6.07, 6.45) is -14.3. The van der Waals surface area contributed by atoms with Crippen molar-refractivity contribution in [3.8, 4) is 17.2 Å². The van der Waals surface area contributed by atoms with Gasteiger partial charge >= 0.3 is 40.3 Å². The first-order chi connectivity index (χ1) is 42.8. The van der Waals surface area contributed by atoms with Crippen molar-refractivity contribution in [1.29, 1.82) is 5.86 Å². The summed E-state index contributed by atoms with van der Waals surface area (Å²) in [5, 5.41) is 21.2. The first-order valence-corrected chi connectivity index (χ1v) is 31.6. The SMILES string of the molecule is CC(C)(C)C(=O)NCc1ccc(Cl)c(Cc2nc3nc(OCC(F)F)c(C(=O)NC4CCC(C(F)(F)F)CC4)cc3[nH]2)c1F.CC(C)(C)C(=O)NCc1ccc(Cl)c(SC#N)c1F.Nc1cc(C(=O)NC2CCC(C(F)(F)F)CC2)c(OCC(F)F)nc1N.[2H][I-]C. The summed E-state index contributed by atoms with van der Waals surface area (Å²) in [4.78, 5) is 66.5. The molecule has 0 bridgehead atoms. The van der Waals surface area contributed by atoms with Crippen molar-refractivity contribution in [2.45, 2.75) is 155 Å². The molecule has 7 rings (SSSR count). The number of anilines is 2. The van der Waals surface area contributed by atoms with E-state index in [0.29, 0.717) is 17.3 Å². The molecule has 9 N–H and O–H groups in total. The number of aromatic nitrogens is 4. The van der Waals surface area contributed by atoms with Crippen molar-refractivity contribution in [2.24, 2.45) is 22.7 Å². The molecule has 0 unspecified atom stereocenters. The maximum atomic E-state index is 15.4. The second kappa shape index (κ2) is 34.0. The monoisotopic (exact) mass is 1470 g/mol. The van der Waals surface area contributed by atoms with Crippen LogP contribution in [0.15, 0.2) is 41.3 Å². The minimum absolute atomic E-state index is 0.00312. The molecule has 504 valence electrons. The number of carbonyl (C=O) groups is 4. The average molecular weight is 1480 g/mol. The summed E-state index contributed by atoms with van der Waals surface area (Å²) in [6, 6.07) is 7.36. The molecule has 0 saturated heterocycles. The number of benzene rings is 2. The van der Waals surface area contributed by atoms with Crippen molar-refractivity contribution >= 4 is 81.3 Å². The number of imidazole rings is 1. The number of carbonyl (C=O) groups excluding carboxylic acids is 4. The Balaban J connectivity index is 0.000000317. The number of rotatable bonds is 17. The molecule has 2 fully saturated rings. The van der Waals surface area contributed by atoms with Crippen molar-refractivity contribution in [3.05, 3.63) is 91.7 Å². The minimum atomic E-state index is -4.31. The van der Waals surface area contributed by atoms with E-state index in [1.807, 2.05) is 4.93 Å². The summed E-state index contributed by atoms with van der Waals surface area (Å²) < 4.78 is 173. The number of halogens is 15. The normalized spacial score (nSPS) is 17.0. The van der Waals surface area contributed by atoms with Crippen LogP contribution in [-0.2, 0) is 29.1 Å². The number of hydrogen-bond donors (Lipinski definition) is 7. The Morgan fingerprint density at radius 1 is 0.714 bits per heavy atom. The molecular formula is C58H69Cl2F12IN11O6S-. The molecule has 0 atom stereocenters. The molecule has 5 aromatic rings. The molecule has 4 amide bonds.